The summed E-state index contributed by atoms with van der Waals surface area (Å²) < 4.78 is 7.51. The van der Waals surface area contributed by atoms with E-state index >= 15 is 0 Å². The molecule has 162 valence electrons. The van der Waals surface area contributed by atoms with Crippen molar-refractivity contribution in [3.63, 3.8) is 0 Å². The predicted octanol–water partition coefficient (Wildman–Crippen LogP) is 1.12. The number of nitro groups is 1. The molecular formula is C25H21ClN2O4. The summed E-state index contributed by atoms with van der Waals surface area (Å²) in [6, 6.07) is 16.5. The highest BCUT2D eigenvalue weighted by molar-refractivity contribution is 5.82. The van der Waals surface area contributed by atoms with Crippen LogP contribution in [0, 0.1) is 10.1 Å². The number of hydrogen-bond donors (Lipinski definition) is 0. The van der Waals surface area contributed by atoms with E-state index < -0.39 is 4.92 Å². The highest BCUT2D eigenvalue weighted by atomic mass is 35.5. The smallest absolute Gasteiger partial charge is 0.336 e. The predicted molar refractivity (Wildman–Crippen MR) is 116 cm³/mol. The van der Waals surface area contributed by atoms with Crippen molar-refractivity contribution < 1.29 is 26.3 Å². The normalized spacial score (nSPS) is 12.4. The lowest BCUT2D eigenvalue weighted by molar-refractivity contribution is -0.688. The third-order valence-electron chi connectivity index (χ3n) is 5.91. The van der Waals surface area contributed by atoms with E-state index in [-0.39, 0.29) is 23.7 Å². The second kappa shape index (κ2) is 8.93. The SMILES string of the molecule is O=c1cc(C[n+]2ccc(Cc3ccc([N+](=O)[O-])cc3)cc2)c2cc3c(cc2o1)CCC3.[Cl-]. The minimum Gasteiger partial charge on any atom is -1.00 e. The van der Waals surface area contributed by atoms with Crippen LogP contribution in [0.25, 0.3) is 11.0 Å². The fourth-order valence-corrected chi connectivity index (χ4v) is 4.30. The number of fused-ring (bicyclic) bond motifs is 2. The maximum atomic E-state index is 12.1. The van der Waals surface area contributed by atoms with Gasteiger partial charge in [-0.3, -0.25) is 10.1 Å². The van der Waals surface area contributed by atoms with Crippen LogP contribution in [0.2, 0.25) is 0 Å². The number of nitro benzene ring substituents is 1. The minimum absolute atomic E-state index is 0. The summed E-state index contributed by atoms with van der Waals surface area (Å²) in [4.78, 5) is 22.5. The van der Waals surface area contributed by atoms with Crippen LogP contribution in [0.1, 0.15) is 34.2 Å². The van der Waals surface area contributed by atoms with Gasteiger partial charge < -0.3 is 16.8 Å². The van der Waals surface area contributed by atoms with Crippen LogP contribution in [-0.2, 0) is 25.8 Å². The Kier molecular flexibility index (Phi) is 6.06. The topological polar surface area (TPSA) is 77.2 Å². The average Bonchev–Trinajstić information content (AvgIpc) is 3.21. The quantitative estimate of drug-likeness (QED) is 0.198. The van der Waals surface area contributed by atoms with E-state index in [0.29, 0.717) is 18.5 Å². The van der Waals surface area contributed by atoms with Crippen molar-refractivity contribution in [1.29, 1.82) is 0 Å². The molecule has 2 aromatic carbocycles. The molecule has 1 aliphatic carbocycles. The molecule has 0 saturated heterocycles. The molecule has 0 atom stereocenters. The molecule has 2 aromatic heterocycles. The third-order valence-corrected chi connectivity index (χ3v) is 5.91. The molecule has 2 heterocycles. The number of aromatic nitrogens is 1. The highest BCUT2D eigenvalue weighted by Crippen LogP contribution is 2.28. The second-order valence-electron chi connectivity index (χ2n) is 8.04. The molecule has 0 amide bonds. The maximum Gasteiger partial charge on any atom is 0.336 e. The van der Waals surface area contributed by atoms with Crippen molar-refractivity contribution >= 4 is 16.7 Å². The van der Waals surface area contributed by atoms with Crippen molar-refractivity contribution in [2.75, 3.05) is 0 Å². The number of pyridine rings is 1. The molecule has 0 N–H and O–H groups in total. The number of nitrogens with zero attached hydrogens (tertiary/aromatic N) is 2. The molecule has 5 rings (SSSR count). The summed E-state index contributed by atoms with van der Waals surface area (Å²) in [7, 11) is 0. The molecule has 0 radical (unpaired) electrons. The Morgan fingerprint density at radius 2 is 1.59 bits per heavy atom. The Balaban J connectivity index is 0.00000245. The van der Waals surface area contributed by atoms with E-state index in [4.69, 9.17) is 4.42 Å². The van der Waals surface area contributed by atoms with Crippen LogP contribution >= 0.6 is 0 Å². The molecular weight excluding hydrogens is 428 g/mol. The maximum absolute atomic E-state index is 12.1. The molecule has 7 heteroatoms. The summed E-state index contributed by atoms with van der Waals surface area (Å²) in [5.41, 5.74) is 6.16. The monoisotopic (exact) mass is 448 g/mol. The van der Waals surface area contributed by atoms with Gasteiger partial charge in [0.1, 0.15) is 5.58 Å². The molecule has 0 saturated carbocycles. The van der Waals surface area contributed by atoms with Gasteiger partial charge in [0.2, 0.25) is 0 Å². The van der Waals surface area contributed by atoms with Crippen LogP contribution in [0.5, 0.6) is 0 Å². The van der Waals surface area contributed by atoms with Gasteiger partial charge in [-0.15, -0.1) is 0 Å². The van der Waals surface area contributed by atoms with Gasteiger partial charge in [-0.2, -0.15) is 0 Å². The van der Waals surface area contributed by atoms with Gasteiger partial charge >= 0.3 is 5.63 Å². The minimum atomic E-state index is -0.392. The van der Waals surface area contributed by atoms with Crippen LogP contribution in [-0.4, -0.2) is 4.92 Å². The van der Waals surface area contributed by atoms with E-state index in [0.717, 1.165) is 41.3 Å². The van der Waals surface area contributed by atoms with Crippen LogP contribution < -0.4 is 22.6 Å². The Bertz CT molecular complexity index is 1350. The van der Waals surface area contributed by atoms with Crippen LogP contribution in [0.4, 0.5) is 5.69 Å². The van der Waals surface area contributed by atoms with Crippen LogP contribution in [0.15, 0.2) is 76.2 Å². The zero-order valence-corrected chi connectivity index (χ0v) is 18.0. The number of rotatable bonds is 5. The first-order valence-corrected chi connectivity index (χ1v) is 10.3. The molecule has 1 aliphatic rings. The highest BCUT2D eigenvalue weighted by Gasteiger charge is 2.17. The largest absolute Gasteiger partial charge is 1.00 e. The Hall–Kier alpha value is -3.51. The summed E-state index contributed by atoms with van der Waals surface area (Å²) in [6.45, 7) is 0.582. The summed E-state index contributed by atoms with van der Waals surface area (Å²) in [6.07, 6.45) is 7.96. The van der Waals surface area contributed by atoms with E-state index in [1.54, 1.807) is 18.2 Å². The number of benzene rings is 2. The van der Waals surface area contributed by atoms with Gasteiger partial charge in [0.05, 0.1) is 4.92 Å². The van der Waals surface area contributed by atoms with Gasteiger partial charge in [0, 0.05) is 41.3 Å². The standard InChI is InChI=1S/C25H21N2O4.ClH/c28-25-15-21(23-13-19-2-1-3-20(19)14-24(23)31-25)16-26-10-8-18(9-11-26)12-17-4-6-22(7-5-17)27(29)30;/h4-11,13-15H,1-3,12,16H2;1H/q+1;/p-1. The molecule has 0 fully saturated rings. The van der Waals surface area contributed by atoms with Crippen molar-refractivity contribution in [1.82, 2.24) is 0 Å². The van der Waals surface area contributed by atoms with Crippen molar-refractivity contribution in [3.05, 3.63) is 115 Å². The first kappa shape index (κ1) is 21.7. The Labute approximate surface area is 190 Å². The second-order valence-corrected chi connectivity index (χ2v) is 8.04. The zero-order chi connectivity index (χ0) is 21.4. The van der Waals surface area contributed by atoms with Gasteiger partial charge in [0.15, 0.2) is 18.9 Å². The summed E-state index contributed by atoms with van der Waals surface area (Å²) in [5.74, 6) is 0. The molecule has 4 aromatic rings. The lowest BCUT2D eigenvalue weighted by Gasteiger charge is -2.07. The average molecular weight is 449 g/mol. The van der Waals surface area contributed by atoms with E-state index in [2.05, 4.69) is 6.07 Å². The lowest BCUT2D eigenvalue weighted by Crippen LogP contribution is -3.00. The van der Waals surface area contributed by atoms with E-state index in [9.17, 15) is 14.9 Å². The summed E-state index contributed by atoms with van der Waals surface area (Å²) in [5, 5.41) is 11.8. The van der Waals surface area contributed by atoms with Gasteiger partial charge in [0.25, 0.3) is 5.69 Å². The fourth-order valence-electron chi connectivity index (χ4n) is 4.30. The number of non-ortho nitro benzene ring substituents is 1. The third kappa shape index (κ3) is 4.41. The van der Waals surface area contributed by atoms with Crippen molar-refractivity contribution in [2.24, 2.45) is 0 Å². The number of aryl methyl sites for hydroxylation is 2. The van der Waals surface area contributed by atoms with Crippen molar-refractivity contribution in [3.8, 4) is 0 Å². The van der Waals surface area contributed by atoms with Gasteiger partial charge in [-0.25, -0.2) is 9.36 Å². The summed E-state index contributed by atoms with van der Waals surface area (Å²) >= 11 is 0. The van der Waals surface area contributed by atoms with E-state index in [1.807, 2.05) is 35.2 Å². The molecule has 0 unspecified atom stereocenters. The fraction of sp³-hybridized carbons (Fsp3) is 0.200. The lowest BCUT2D eigenvalue weighted by atomic mass is 10.0. The number of halogens is 1. The molecule has 0 spiro atoms. The zero-order valence-electron chi connectivity index (χ0n) is 17.3. The first-order chi connectivity index (χ1) is 15.0. The molecule has 0 bridgehead atoms. The van der Waals surface area contributed by atoms with Gasteiger partial charge in [-0.1, -0.05) is 12.1 Å². The number of hydrogen-bond acceptors (Lipinski definition) is 4. The van der Waals surface area contributed by atoms with Gasteiger partial charge in [-0.05, 0) is 60.1 Å². The first-order valence-electron chi connectivity index (χ1n) is 10.3. The van der Waals surface area contributed by atoms with E-state index in [1.165, 1.54) is 23.3 Å². The van der Waals surface area contributed by atoms with Crippen LogP contribution in [0.3, 0.4) is 0 Å². The Morgan fingerprint density at radius 3 is 2.28 bits per heavy atom. The molecule has 32 heavy (non-hydrogen) atoms. The van der Waals surface area contributed by atoms with Crippen molar-refractivity contribution in [2.45, 2.75) is 32.2 Å². The molecule has 6 nitrogen and oxygen atoms in total. The molecule has 0 aliphatic heterocycles. The Morgan fingerprint density at radius 1 is 0.938 bits per heavy atom.